The van der Waals surface area contributed by atoms with Crippen molar-refractivity contribution < 1.29 is 4.79 Å². The number of hydrazine groups is 1. The van der Waals surface area contributed by atoms with Crippen LogP contribution in [0.4, 0.5) is 0 Å². The number of hydrogen-bond acceptors (Lipinski definition) is 5. The van der Waals surface area contributed by atoms with E-state index in [0.717, 1.165) is 0 Å². The Balaban J connectivity index is 0. The summed E-state index contributed by atoms with van der Waals surface area (Å²) < 4.78 is -0.398. The largest absolute Gasteiger partial charge is 0.298 e. The van der Waals surface area contributed by atoms with Crippen LogP contribution in [0, 0.1) is 0 Å². The summed E-state index contributed by atoms with van der Waals surface area (Å²) in [6, 6.07) is 0. The Morgan fingerprint density at radius 1 is 1.50 bits per heavy atom. The first-order valence-electron chi connectivity index (χ1n) is 1.84. The second-order valence-electron chi connectivity index (χ2n) is 0.984. The molecule has 0 aromatic carbocycles. The van der Waals surface area contributed by atoms with E-state index < -0.39 is 4.58 Å². The van der Waals surface area contributed by atoms with E-state index in [1.807, 2.05) is 0 Å². The van der Waals surface area contributed by atoms with Crippen LogP contribution in [0.3, 0.4) is 0 Å². The van der Waals surface area contributed by atoms with E-state index >= 15 is 0 Å². The van der Waals surface area contributed by atoms with Crippen molar-refractivity contribution in [2.45, 2.75) is 11.5 Å². The van der Waals surface area contributed by atoms with Gasteiger partial charge in [-0.3, -0.25) is 16.5 Å². The molecule has 0 heterocycles. The molecule has 5 heteroatoms. The van der Waals surface area contributed by atoms with Crippen molar-refractivity contribution in [2.24, 2.45) is 11.7 Å². The number of Topliss-reactive ketones (excluding diaryl/α,β-unsaturated/α-hetero) is 1. The van der Waals surface area contributed by atoms with Crippen molar-refractivity contribution in [3.05, 3.63) is 0 Å². The summed E-state index contributed by atoms with van der Waals surface area (Å²) in [5.41, 5.74) is 0. The Morgan fingerprint density at radius 3 is 1.62 bits per heavy atom. The fourth-order valence-corrected chi connectivity index (χ4v) is 0. The molecule has 0 radical (unpaired) electrons. The summed E-state index contributed by atoms with van der Waals surface area (Å²) >= 11 is 7.42. The maximum absolute atomic E-state index is 9.99. The van der Waals surface area contributed by atoms with Crippen LogP contribution >= 0.6 is 25.3 Å². The molecule has 0 fully saturated rings. The zero-order valence-corrected chi connectivity index (χ0v) is 6.32. The van der Waals surface area contributed by atoms with Gasteiger partial charge in [0.15, 0.2) is 5.78 Å². The number of hydrogen-bond donors (Lipinski definition) is 4. The van der Waals surface area contributed by atoms with Crippen molar-refractivity contribution in [1.82, 2.24) is 0 Å². The summed E-state index contributed by atoms with van der Waals surface area (Å²) in [6.45, 7) is 1.45. The lowest BCUT2D eigenvalue weighted by Gasteiger charge is -1.89. The molecule has 0 amide bonds. The molecule has 3 nitrogen and oxygen atoms in total. The van der Waals surface area contributed by atoms with Crippen LogP contribution in [0.25, 0.3) is 0 Å². The molecule has 0 aromatic rings. The van der Waals surface area contributed by atoms with E-state index in [2.05, 4.69) is 36.9 Å². The SMILES string of the molecule is CC(=O)C(S)S.NN. The first-order chi connectivity index (χ1) is 3.64. The number of nitrogens with two attached hydrogens (primary N) is 2. The highest BCUT2D eigenvalue weighted by Crippen LogP contribution is 1.98. The average molecular weight is 154 g/mol. The standard InChI is InChI=1S/C3H6OS2.H4N2/c1-2(4)3(5)6;1-2/h3,5-6H,1H3;1-2H2. The zero-order chi connectivity index (χ0) is 7.15. The Morgan fingerprint density at radius 2 is 1.62 bits per heavy atom. The van der Waals surface area contributed by atoms with Crippen LogP contribution in [0.2, 0.25) is 0 Å². The predicted octanol–water partition coefficient (Wildman–Crippen LogP) is -0.420. The van der Waals surface area contributed by atoms with E-state index in [0.29, 0.717) is 0 Å². The smallest absolute Gasteiger partial charge is 0.152 e. The maximum atomic E-state index is 9.99. The van der Waals surface area contributed by atoms with Crippen LogP contribution in [-0.4, -0.2) is 10.4 Å². The van der Waals surface area contributed by atoms with Gasteiger partial charge in [-0.05, 0) is 6.92 Å². The molecule has 0 saturated heterocycles. The minimum atomic E-state index is -0.398. The van der Waals surface area contributed by atoms with Gasteiger partial charge < -0.3 is 0 Å². The quantitative estimate of drug-likeness (QED) is 0.179. The summed E-state index contributed by atoms with van der Waals surface area (Å²) in [7, 11) is 0. The lowest BCUT2D eigenvalue weighted by atomic mass is 10.5. The normalized spacial score (nSPS) is 7.75. The van der Waals surface area contributed by atoms with E-state index in [-0.39, 0.29) is 5.78 Å². The average Bonchev–Trinajstić information content (AvgIpc) is 1.72. The van der Waals surface area contributed by atoms with Gasteiger partial charge in [-0.15, -0.1) is 0 Å². The summed E-state index contributed by atoms with van der Waals surface area (Å²) in [5, 5.41) is 0. The van der Waals surface area contributed by atoms with Gasteiger partial charge >= 0.3 is 0 Å². The molecular formula is C3H10N2OS2. The highest BCUT2D eigenvalue weighted by atomic mass is 32.2. The number of ketones is 1. The van der Waals surface area contributed by atoms with Crippen molar-refractivity contribution in [3.63, 3.8) is 0 Å². The third-order valence-corrected chi connectivity index (χ3v) is 1.09. The van der Waals surface area contributed by atoms with Gasteiger partial charge in [-0.2, -0.15) is 25.3 Å². The van der Waals surface area contributed by atoms with Gasteiger partial charge in [0.25, 0.3) is 0 Å². The molecule has 0 aromatic heterocycles. The predicted molar refractivity (Wildman–Crippen MR) is 40.8 cm³/mol. The molecule has 0 unspecified atom stereocenters. The first-order valence-corrected chi connectivity index (χ1v) is 2.88. The summed E-state index contributed by atoms with van der Waals surface area (Å²) in [6.07, 6.45) is 0. The maximum Gasteiger partial charge on any atom is 0.152 e. The van der Waals surface area contributed by atoms with Gasteiger partial charge in [0.2, 0.25) is 0 Å². The van der Waals surface area contributed by atoms with E-state index in [9.17, 15) is 4.79 Å². The summed E-state index contributed by atoms with van der Waals surface area (Å²) in [5.74, 6) is 7.99. The van der Waals surface area contributed by atoms with E-state index in [1.165, 1.54) is 6.92 Å². The lowest BCUT2D eigenvalue weighted by Crippen LogP contribution is -2.02. The number of thiol groups is 2. The van der Waals surface area contributed by atoms with Crippen molar-refractivity contribution in [1.29, 1.82) is 0 Å². The number of carbonyl (C=O) groups is 1. The minimum absolute atomic E-state index is 0.0123. The first kappa shape index (κ1) is 11.1. The minimum Gasteiger partial charge on any atom is -0.298 e. The van der Waals surface area contributed by atoms with Crippen LogP contribution in [0.15, 0.2) is 0 Å². The van der Waals surface area contributed by atoms with Gasteiger partial charge in [-0.1, -0.05) is 0 Å². The summed E-state index contributed by atoms with van der Waals surface area (Å²) in [4.78, 5) is 9.99. The topological polar surface area (TPSA) is 69.1 Å². The van der Waals surface area contributed by atoms with E-state index in [4.69, 9.17) is 0 Å². The van der Waals surface area contributed by atoms with Crippen molar-refractivity contribution >= 4 is 31.0 Å². The Kier molecular flexibility index (Phi) is 10.1. The monoisotopic (exact) mass is 154 g/mol. The fourth-order valence-electron chi connectivity index (χ4n) is 0. The highest BCUT2D eigenvalue weighted by molar-refractivity contribution is 8.00. The number of rotatable bonds is 1. The van der Waals surface area contributed by atoms with Gasteiger partial charge in [0.05, 0.1) is 0 Å². The van der Waals surface area contributed by atoms with Gasteiger partial charge in [-0.25, -0.2) is 0 Å². The molecule has 50 valence electrons. The third-order valence-electron chi connectivity index (χ3n) is 0.364. The highest BCUT2D eigenvalue weighted by Gasteiger charge is 1.97. The third kappa shape index (κ3) is 9.56. The van der Waals surface area contributed by atoms with E-state index in [1.54, 1.807) is 0 Å². The van der Waals surface area contributed by atoms with Gasteiger partial charge in [0, 0.05) is 0 Å². The molecule has 0 aliphatic heterocycles. The second kappa shape index (κ2) is 7.29. The number of carbonyl (C=O) groups excluding carboxylic acids is 1. The fraction of sp³-hybridized carbons (Fsp3) is 0.667. The Hall–Kier alpha value is 0.290. The molecule has 0 bridgehead atoms. The molecule has 0 spiro atoms. The Labute approximate surface area is 59.6 Å². The van der Waals surface area contributed by atoms with Crippen LogP contribution in [0.5, 0.6) is 0 Å². The van der Waals surface area contributed by atoms with Crippen molar-refractivity contribution in [2.75, 3.05) is 0 Å². The molecule has 4 N–H and O–H groups in total. The molecule has 0 aliphatic rings. The molecular weight excluding hydrogens is 144 g/mol. The molecule has 0 atom stereocenters. The molecule has 0 saturated carbocycles. The van der Waals surface area contributed by atoms with Crippen LogP contribution < -0.4 is 11.7 Å². The van der Waals surface area contributed by atoms with Crippen LogP contribution in [-0.2, 0) is 4.79 Å². The Bertz CT molecular complexity index is 66.3. The van der Waals surface area contributed by atoms with Gasteiger partial charge in [0.1, 0.15) is 4.58 Å². The van der Waals surface area contributed by atoms with Crippen LogP contribution in [0.1, 0.15) is 6.92 Å². The second-order valence-corrected chi connectivity index (χ2v) is 2.42. The molecule has 0 aliphatic carbocycles. The molecule has 8 heavy (non-hydrogen) atoms. The lowest BCUT2D eigenvalue weighted by molar-refractivity contribution is -0.115. The zero-order valence-electron chi connectivity index (χ0n) is 4.53. The molecule has 0 rings (SSSR count). The van der Waals surface area contributed by atoms with Crippen molar-refractivity contribution in [3.8, 4) is 0 Å².